The molecule has 3 nitrogen and oxygen atoms in total. The van der Waals surface area contributed by atoms with E-state index in [2.05, 4.69) is 34.7 Å². The highest BCUT2D eigenvalue weighted by atomic mass is 79.9. The topological polar surface area (TPSA) is 29.5 Å². The molecular weight excluding hydrogens is 306 g/mol. The van der Waals surface area contributed by atoms with Crippen molar-refractivity contribution in [3.8, 4) is 0 Å². The van der Waals surface area contributed by atoms with Crippen molar-refractivity contribution in [3.05, 3.63) is 34.3 Å². The van der Waals surface area contributed by atoms with Crippen LogP contribution in [0.3, 0.4) is 0 Å². The maximum atomic E-state index is 12.5. The van der Waals surface area contributed by atoms with Gasteiger partial charge in [0.25, 0.3) is 0 Å². The molecule has 1 aromatic carbocycles. The van der Waals surface area contributed by atoms with E-state index in [1.165, 1.54) is 0 Å². The highest BCUT2D eigenvalue weighted by Crippen LogP contribution is 2.19. The first-order valence-corrected chi connectivity index (χ1v) is 7.45. The SMILES string of the molecule is CC1CN(C(C)C(=O)c2ccc(Br)cc2)C(C)CO1. The summed E-state index contributed by atoms with van der Waals surface area (Å²) in [5.41, 5.74) is 0.766. The van der Waals surface area contributed by atoms with Crippen molar-refractivity contribution in [1.29, 1.82) is 0 Å². The second-order valence-corrected chi connectivity index (χ2v) is 6.15. The minimum absolute atomic E-state index is 0.109. The fourth-order valence-electron chi connectivity index (χ4n) is 2.47. The first-order valence-electron chi connectivity index (χ1n) is 6.66. The minimum Gasteiger partial charge on any atom is -0.376 e. The summed E-state index contributed by atoms with van der Waals surface area (Å²) in [7, 11) is 0. The summed E-state index contributed by atoms with van der Waals surface area (Å²) < 4.78 is 6.60. The number of nitrogens with zero attached hydrogens (tertiary/aromatic N) is 1. The van der Waals surface area contributed by atoms with Crippen molar-refractivity contribution in [1.82, 2.24) is 4.90 Å². The Kier molecular flexibility index (Phi) is 4.76. The van der Waals surface area contributed by atoms with Crippen LogP contribution in [0.4, 0.5) is 0 Å². The predicted molar refractivity (Wildman–Crippen MR) is 79.5 cm³/mol. The average molecular weight is 326 g/mol. The quantitative estimate of drug-likeness (QED) is 0.800. The third kappa shape index (κ3) is 3.44. The highest BCUT2D eigenvalue weighted by molar-refractivity contribution is 9.10. The van der Waals surface area contributed by atoms with Gasteiger partial charge < -0.3 is 4.74 Å². The molecule has 0 radical (unpaired) electrons. The van der Waals surface area contributed by atoms with Gasteiger partial charge in [0, 0.05) is 22.6 Å². The van der Waals surface area contributed by atoms with Crippen molar-refractivity contribution in [2.45, 2.75) is 39.0 Å². The van der Waals surface area contributed by atoms with E-state index in [4.69, 9.17) is 4.74 Å². The average Bonchev–Trinajstić information content (AvgIpc) is 2.41. The molecule has 1 saturated heterocycles. The Balaban J connectivity index is 2.11. The molecule has 0 aromatic heterocycles. The molecule has 1 aromatic rings. The van der Waals surface area contributed by atoms with Gasteiger partial charge in [-0.05, 0) is 32.9 Å². The molecule has 1 aliphatic heterocycles. The van der Waals surface area contributed by atoms with E-state index in [9.17, 15) is 4.79 Å². The van der Waals surface area contributed by atoms with E-state index in [0.717, 1.165) is 16.6 Å². The summed E-state index contributed by atoms with van der Waals surface area (Å²) in [5, 5.41) is 0. The molecule has 0 amide bonds. The van der Waals surface area contributed by atoms with Gasteiger partial charge in [0.2, 0.25) is 0 Å². The van der Waals surface area contributed by atoms with Crippen molar-refractivity contribution in [2.75, 3.05) is 13.2 Å². The van der Waals surface area contributed by atoms with Crippen LogP contribution in [0, 0.1) is 0 Å². The molecule has 0 saturated carbocycles. The number of benzene rings is 1. The van der Waals surface area contributed by atoms with Gasteiger partial charge in [-0.2, -0.15) is 0 Å². The number of hydrogen-bond donors (Lipinski definition) is 0. The largest absolute Gasteiger partial charge is 0.376 e. The van der Waals surface area contributed by atoms with Crippen LogP contribution in [0.5, 0.6) is 0 Å². The fourth-order valence-corrected chi connectivity index (χ4v) is 2.74. The van der Waals surface area contributed by atoms with Crippen LogP contribution in [0.2, 0.25) is 0 Å². The molecule has 3 unspecified atom stereocenters. The lowest BCUT2D eigenvalue weighted by atomic mass is 10.0. The summed E-state index contributed by atoms with van der Waals surface area (Å²) >= 11 is 3.39. The number of ketones is 1. The first-order chi connectivity index (χ1) is 8.99. The van der Waals surface area contributed by atoms with E-state index in [1.54, 1.807) is 0 Å². The van der Waals surface area contributed by atoms with Crippen LogP contribution in [0.15, 0.2) is 28.7 Å². The molecule has 0 bridgehead atoms. The molecule has 1 heterocycles. The van der Waals surface area contributed by atoms with Gasteiger partial charge in [0.1, 0.15) is 0 Å². The smallest absolute Gasteiger partial charge is 0.179 e. The summed E-state index contributed by atoms with van der Waals surface area (Å²) in [6.07, 6.45) is 0.191. The zero-order valence-electron chi connectivity index (χ0n) is 11.6. The lowest BCUT2D eigenvalue weighted by Gasteiger charge is -2.40. The molecule has 0 spiro atoms. The predicted octanol–water partition coefficient (Wildman–Crippen LogP) is 3.13. The lowest BCUT2D eigenvalue weighted by molar-refractivity contribution is -0.0585. The normalized spacial score (nSPS) is 26.1. The molecular formula is C15H20BrNO2. The van der Waals surface area contributed by atoms with Crippen molar-refractivity contribution in [3.63, 3.8) is 0 Å². The van der Waals surface area contributed by atoms with E-state index < -0.39 is 0 Å². The Morgan fingerprint density at radius 3 is 2.63 bits per heavy atom. The Morgan fingerprint density at radius 2 is 2.00 bits per heavy atom. The van der Waals surface area contributed by atoms with Gasteiger partial charge in [0.15, 0.2) is 5.78 Å². The van der Waals surface area contributed by atoms with Gasteiger partial charge in [0.05, 0.1) is 18.8 Å². The summed E-state index contributed by atoms with van der Waals surface area (Å²) in [6.45, 7) is 7.65. The van der Waals surface area contributed by atoms with E-state index >= 15 is 0 Å². The number of hydrogen-bond acceptors (Lipinski definition) is 3. The van der Waals surface area contributed by atoms with E-state index in [-0.39, 0.29) is 24.0 Å². The zero-order valence-corrected chi connectivity index (χ0v) is 13.2. The van der Waals surface area contributed by atoms with Crippen LogP contribution < -0.4 is 0 Å². The molecule has 1 fully saturated rings. The summed E-state index contributed by atoms with van der Waals surface area (Å²) in [4.78, 5) is 14.7. The highest BCUT2D eigenvalue weighted by Gasteiger charge is 2.31. The van der Waals surface area contributed by atoms with Gasteiger partial charge in [-0.3, -0.25) is 9.69 Å². The zero-order chi connectivity index (χ0) is 14.0. The molecule has 19 heavy (non-hydrogen) atoms. The third-order valence-electron chi connectivity index (χ3n) is 3.66. The molecule has 0 aliphatic carbocycles. The van der Waals surface area contributed by atoms with Crippen molar-refractivity contribution in [2.24, 2.45) is 0 Å². The Labute approximate surface area is 123 Å². The van der Waals surface area contributed by atoms with Gasteiger partial charge in [-0.15, -0.1) is 0 Å². The van der Waals surface area contributed by atoms with Crippen molar-refractivity contribution < 1.29 is 9.53 Å². The van der Waals surface area contributed by atoms with E-state index in [0.29, 0.717) is 6.61 Å². The van der Waals surface area contributed by atoms with Crippen LogP contribution in [0.1, 0.15) is 31.1 Å². The second kappa shape index (κ2) is 6.16. The van der Waals surface area contributed by atoms with Gasteiger partial charge in [-0.25, -0.2) is 0 Å². The molecule has 4 heteroatoms. The van der Waals surface area contributed by atoms with Crippen LogP contribution in [0.25, 0.3) is 0 Å². The van der Waals surface area contributed by atoms with Gasteiger partial charge >= 0.3 is 0 Å². The second-order valence-electron chi connectivity index (χ2n) is 5.24. The summed E-state index contributed by atoms with van der Waals surface area (Å²) in [5.74, 6) is 0.174. The van der Waals surface area contributed by atoms with Crippen molar-refractivity contribution >= 4 is 21.7 Å². The molecule has 1 aliphatic rings. The van der Waals surface area contributed by atoms with Gasteiger partial charge in [-0.1, -0.05) is 28.1 Å². The molecule has 3 atom stereocenters. The van der Waals surface area contributed by atoms with Crippen LogP contribution in [-0.4, -0.2) is 42.0 Å². The molecule has 0 N–H and O–H groups in total. The Morgan fingerprint density at radius 1 is 1.37 bits per heavy atom. The Hall–Kier alpha value is -0.710. The summed E-state index contributed by atoms with van der Waals surface area (Å²) in [6, 6.07) is 7.74. The van der Waals surface area contributed by atoms with E-state index in [1.807, 2.05) is 31.2 Å². The maximum absolute atomic E-state index is 12.5. The third-order valence-corrected chi connectivity index (χ3v) is 4.19. The number of rotatable bonds is 3. The number of Topliss-reactive ketones (excluding diaryl/α,β-unsaturated/α-hetero) is 1. The number of halogens is 1. The first kappa shape index (κ1) is 14.7. The Bertz CT molecular complexity index is 446. The monoisotopic (exact) mass is 325 g/mol. The lowest BCUT2D eigenvalue weighted by Crippen LogP contribution is -2.53. The number of carbonyl (C=O) groups excluding carboxylic acids is 1. The number of morpholine rings is 1. The molecule has 104 valence electrons. The number of carbonyl (C=O) groups is 1. The van der Waals surface area contributed by atoms with Crippen LogP contribution in [-0.2, 0) is 4.74 Å². The fraction of sp³-hybridized carbons (Fsp3) is 0.533. The molecule has 2 rings (SSSR count). The van der Waals surface area contributed by atoms with Crippen LogP contribution >= 0.6 is 15.9 Å². The number of ether oxygens (including phenoxy) is 1. The standard InChI is InChI=1S/C15H20BrNO2/c1-10-9-19-11(2)8-17(10)12(3)15(18)13-4-6-14(16)7-5-13/h4-7,10-12H,8-9H2,1-3H3. The maximum Gasteiger partial charge on any atom is 0.179 e. The minimum atomic E-state index is -0.109.